The summed E-state index contributed by atoms with van der Waals surface area (Å²) in [6, 6.07) is 26.9. The van der Waals surface area contributed by atoms with Gasteiger partial charge in [0.1, 0.15) is 18.2 Å². The van der Waals surface area contributed by atoms with Gasteiger partial charge in [0.05, 0.1) is 17.9 Å². The van der Waals surface area contributed by atoms with Crippen LogP contribution in [0.5, 0.6) is 0 Å². The predicted molar refractivity (Wildman–Crippen MR) is 193 cm³/mol. The van der Waals surface area contributed by atoms with Crippen LogP contribution >= 0.6 is 0 Å². The summed E-state index contributed by atoms with van der Waals surface area (Å²) in [4.78, 5) is 40.5. The molecule has 4 aromatic rings. The first-order chi connectivity index (χ1) is 23.1. The largest absolute Gasteiger partial charge is 0.445 e. The number of hydrogen-bond acceptors (Lipinski definition) is 5. The number of ether oxygens (including phenoxy) is 1. The van der Waals surface area contributed by atoms with E-state index in [9.17, 15) is 9.59 Å². The highest BCUT2D eigenvalue weighted by molar-refractivity contribution is 6.03. The van der Waals surface area contributed by atoms with E-state index in [0.717, 1.165) is 69.9 Å². The maximum atomic E-state index is 12.9. The van der Waals surface area contributed by atoms with Crippen LogP contribution in [-0.2, 0) is 16.1 Å². The highest BCUT2D eigenvalue weighted by Gasteiger charge is 2.35. The molecule has 6 rings (SSSR count). The Balaban J connectivity index is 1.06. The lowest BCUT2D eigenvalue weighted by atomic mass is 9.81. The summed E-state index contributed by atoms with van der Waals surface area (Å²) in [6.07, 6.45) is 6.63. The smallest absolute Gasteiger partial charge is 0.410 e. The van der Waals surface area contributed by atoms with E-state index < -0.39 is 0 Å². The number of likely N-dealkylation sites (tertiary alicyclic amines) is 1. The predicted octanol–water partition coefficient (Wildman–Crippen LogP) is 9.48. The minimum absolute atomic E-state index is 0.0204. The first-order valence-electron chi connectivity index (χ1n) is 17.1. The van der Waals surface area contributed by atoms with Gasteiger partial charge in [0.15, 0.2) is 0 Å². The van der Waals surface area contributed by atoms with Crippen LogP contribution in [0.4, 0.5) is 4.79 Å². The van der Waals surface area contributed by atoms with Gasteiger partial charge in [-0.3, -0.25) is 14.7 Å². The van der Waals surface area contributed by atoms with Gasteiger partial charge in [-0.1, -0.05) is 113 Å². The number of Topliss-reactive ketones (excluding diaryl/α,β-unsaturated/α-hetero) is 1. The van der Waals surface area contributed by atoms with Gasteiger partial charge in [-0.2, -0.15) is 0 Å². The van der Waals surface area contributed by atoms with E-state index in [4.69, 9.17) is 14.7 Å². The number of rotatable bonds is 10. The van der Waals surface area contributed by atoms with Crippen molar-refractivity contribution >= 4 is 23.2 Å². The zero-order chi connectivity index (χ0) is 33.8. The second-order valence-corrected chi connectivity index (χ2v) is 14.4. The van der Waals surface area contributed by atoms with E-state index in [0.29, 0.717) is 18.9 Å². The van der Waals surface area contributed by atoms with Crippen LogP contribution in [0.2, 0.25) is 0 Å². The molecule has 0 aliphatic carbocycles. The van der Waals surface area contributed by atoms with Crippen LogP contribution in [0.1, 0.15) is 83.2 Å². The molecule has 1 N–H and O–H groups in total. The fourth-order valence-electron chi connectivity index (χ4n) is 6.51. The Labute approximate surface area is 284 Å². The van der Waals surface area contributed by atoms with E-state index in [-0.39, 0.29) is 35.9 Å². The van der Waals surface area contributed by atoms with Crippen molar-refractivity contribution in [3.63, 3.8) is 0 Å². The monoisotopic (exact) mass is 642 g/mol. The summed E-state index contributed by atoms with van der Waals surface area (Å²) in [5.41, 5.74) is 8.24. The molecule has 3 aromatic carbocycles. The average molecular weight is 643 g/mol. The molecule has 1 amide bonds. The number of nitrogens with one attached hydrogen (secondary N) is 1. The van der Waals surface area contributed by atoms with Crippen LogP contribution < -0.4 is 0 Å². The Bertz CT molecular complexity index is 1790. The third kappa shape index (κ3) is 7.51. The van der Waals surface area contributed by atoms with Gasteiger partial charge >= 0.3 is 6.09 Å². The molecule has 0 saturated carbocycles. The van der Waals surface area contributed by atoms with Crippen molar-refractivity contribution in [1.82, 2.24) is 14.9 Å². The SMILES string of the molecule is CC(C)[C@H](CC(=O)C(C)(C)C)c1ncc(-c2ccc(-c3ccc(C4=CN=C([C@@H]5CCCN5C(=O)OCc5ccccc5)C4)cc3)cc2)[nH]1. The lowest BCUT2D eigenvalue weighted by Crippen LogP contribution is -2.40. The van der Waals surface area contributed by atoms with Gasteiger partial charge in [0.2, 0.25) is 0 Å². The molecular weight excluding hydrogens is 596 g/mol. The van der Waals surface area contributed by atoms with Crippen LogP contribution in [0.3, 0.4) is 0 Å². The van der Waals surface area contributed by atoms with Crippen molar-refractivity contribution < 1.29 is 14.3 Å². The molecular formula is C41H46N4O3. The van der Waals surface area contributed by atoms with E-state index >= 15 is 0 Å². The fourth-order valence-corrected chi connectivity index (χ4v) is 6.51. The topological polar surface area (TPSA) is 87.7 Å². The molecule has 1 fully saturated rings. The van der Waals surface area contributed by atoms with E-state index in [1.54, 1.807) is 0 Å². The van der Waals surface area contributed by atoms with Gasteiger partial charge in [-0.15, -0.1) is 0 Å². The number of allylic oxidation sites excluding steroid dienone is 1. The Kier molecular flexibility index (Phi) is 9.76. The summed E-state index contributed by atoms with van der Waals surface area (Å²) in [6.45, 7) is 11.2. The maximum Gasteiger partial charge on any atom is 0.410 e. The molecule has 0 spiro atoms. The lowest BCUT2D eigenvalue weighted by molar-refractivity contribution is -0.127. The van der Waals surface area contributed by atoms with Crippen molar-refractivity contribution in [3.8, 4) is 22.4 Å². The van der Waals surface area contributed by atoms with Gasteiger partial charge < -0.3 is 9.72 Å². The number of H-pyrrole nitrogens is 1. The Hall–Kier alpha value is -4.78. The van der Waals surface area contributed by atoms with E-state index in [1.165, 1.54) is 0 Å². The first kappa shape index (κ1) is 33.1. The first-order valence-corrected chi connectivity index (χ1v) is 17.1. The molecule has 7 nitrogen and oxygen atoms in total. The molecule has 0 radical (unpaired) electrons. The Morgan fingerprint density at radius 2 is 1.56 bits per heavy atom. The van der Waals surface area contributed by atoms with Crippen molar-refractivity contribution in [3.05, 3.63) is 108 Å². The second-order valence-electron chi connectivity index (χ2n) is 14.4. The molecule has 0 unspecified atom stereocenters. The lowest BCUT2D eigenvalue weighted by Gasteiger charge is -2.24. The number of ketones is 1. The summed E-state index contributed by atoms with van der Waals surface area (Å²) < 4.78 is 5.64. The highest BCUT2D eigenvalue weighted by atomic mass is 16.6. The summed E-state index contributed by atoms with van der Waals surface area (Å²) >= 11 is 0. The number of hydrogen-bond donors (Lipinski definition) is 1. The van der Waals surface area contributed by atoms with Crippen molar-refractivity contribution in [1.29, 1.82) is 0 Å². The number of nitrogens with zero attached hydrogens (tertiary/aromatic N) is 3. The Morgan fingerprint density at radius 3 is 2.21 bits per heavy atom. The van der Waals surface area contributed by atoms with Crippen molar-refractivity contribution in [2.24, 2.45) is 16.3 Å². The standard InChI is InChI=1S/C41H46N4O3/c1-27(2)34(23-38(46)41(3,4)5)39-43-25-36(44-39)32-19-17-30(18-20-32)29-13-15-31(16-14-29)33-22-35(42-24-33)37-12-9-21-45(37)40(47)48-26-28-10-7-6-8-11-28/h6-8,10-11,13-20,24-25,27,34,37H,9,12,21-23,26H2,1-5H3,(H,43,44)/t34-,37-/m0/s1. The molecule has 1 aromatic heterocycles. The number of imidazole rings is 1. The highest BCUT2D eigenvalue weighted by Crippen LogP contribution is 2.34. The fraction of sp³-hybridized carbons (Fsp3) is 0.366. The number of benzene rings is 3. The molecule has 1 saturated heterocycles. The third-order valence-electron chi connectivity index (χ3n) is 9.61. The number of amides is 1. The normalized spacial score (nSPS) is 17.0. The molecule has 3 heterocycles. The van der Waals surface area contributed by atoms with E-state index in [2.05, 4.69) is 67.4 Å². The van der Waals surface area contributed by atoms with Gasteiger partial charge in [0, 0.05) is 42.6 Å². The molecule has 2 aliphatic rings. The third-order valence-corrected chi connectivity index (χ3v) is 9.61. The van der Waals surface area contributed by atoms with Gasteiger partial charge in [-0.05, 0) is 52.1 Å². The quantitative estimate of drug-likeness (QED) is 0.187. The van der Waals surface area contributed by atoms with Crippen LogP contribution in [-0.4, -0.2) is 45.0 Å². The number of aromatic amines is 1. The number of aliphatic imine (C=N–C) groups is 1. The van der Waals surface area contributed by atoms with Crippen molar-refractivity contribution in [2.45, 2.75) is 78.9 Å². The maximum absolute atomic E-state index is 12.9. The zero-order valence-electron chi connectivity index (χ0n) is 28.7. The average Bonchev–Trinajstić information content (AvgIpc) is 3.88. The number of aromatic nitrogens is 2. The summed E-state index contributed by atoms with van der Waals surface area (Å²) in [7, 11) is 0. The minimum atomic E-state index is -0.362. The van der Waals surface area contributed by atoms with Crippen LogP contribution in [0, 0.1) is 11.3 Å². The second kappa shape index (κ2) is 14.1. The van der Waals surface area contributed by atoms with Gasteiger partial charge in [0.25, 0.3) is 0 Å². The molecule has 2 aliphatic heterocycles. The minimum Gasteiger partial charge on any atom is -0.445 e. The molecule has 2 atom stereocenters. The van der Waals surface area contributed by atoms with E-state index in [1.807, 2.05) is 68.4 Å². The molecule has 0 bridgehead atoms. The number of carbonyl (C=O) groups excluding carboxylic acids is 2. The Morgan fingerprint density at radius 1 is 0.917 bits per heavy atom. The van der Waals surface area contributed by atoms with Crippen LogP contribution in [0.25, 0.3) is 28.0 Å². The molecule has 48 heavy (non-hydrogen) atoms. The summed E-state index contributed by atoms with van der Waals surface area (Å²) in [5.74, 6) is 1.47. The molecule has 248 valence electrons. The number of carbonyl (C=O) groups is 2. The van der Waals surface area contributed by atoms with Crippen molar-refractivity contribution in [2.75, 3.05) is 6.54 Å². The zero-order valence-corrected chi connectivity index (χ0v) is 28.7. The van der Waals surface area contributed by atoms with Gasteiger partial charge in [-0.25, -0.2) is 9.78 Å². The molecule has 7 heteroatoms. The summed E-state index contributed by atoms with van der Waals surface area (Å²) in [5, 5.41) is 0. The van der Waals surface area contributed by atoms with Crippen LogP contribution in [0.15, 0.2) is 96.3 Å².